The van der Waals surface area contributed by atoms with Crippen molar-refractivity contribution < 1.29 is 9.18 Å². The fraction of sp³-hybridized carbons (Fsp3) is 0.118. The highest BCUT2D eigenvalue weighted by Gasteiger charge is 2.20. The molecule has 0 unspecified atom stereocenters. The van der Waals surface area contributed by atoms with Gasteiger partial charge >= 0.3 is 0 Å². The molecular weight excluding hydrogens is 349 g/mol. The smallest absolute Gasteiger partial charge is 0.265 e. The molecule has 1 aromatic heterocycles. The molecule has 0 spiro atoms. The summed E-state index contributed by atoms with van der Waals surface area (Å²) in [6.45, 7) is 1.83. The Morgan fingerprint density at radius 3 is 2.50 bits per heavy atom. The van der Waals surface area contributed by atoms with Crippen molar-refractivity contribution in [1.29, 1.82) is 0 Å². The molecular formula is C17H13ClFN3OS. The Hall–Kier alpha value is -2.31. The Labute approximate surface area is 147 Å². The van der Waals surface area contributed by atoms with Crippen LogP contribution in [0.3, 0.4) is 0 Å². The average molecular weight is 362 g/mol. The van der Waals surface area contributed by atoms with E-state index in [1.54, 1.807) is 36.4 Å². The second-order valence-corrected chi connectivity index (χ2v) is 6.39. The molecule has 0 radical (unpaired) electrons. The van der Waals surface area contributed by atoms with E-state index < -0.39 is 0 Å². The van der Waals surface area contributed by atoms with Crippen molar-refractivity contribution in [2.24, 2.45) is 0 Å². The van der Waals surface area contributed by atoms with E-state index in [1.807, 2.05) is 6.92 Å². The fourth-order valence-corrected chi connectivity index (χ4v) is 2.95. The van der Waals surface area contributed by atoms with Crippen LogP contribution in [0.15, 0.2) is 48.5 Å². The molecule has 7 heteroatoms. The highest BCUT2D eigenvalue weighted by atomic mass is 35.5. The number of hydrogen-bond donors (Lipinski definition) is 1. The Kier molecular flexibility index (Phi) is 4.87. The van der Waals surface area contributed by atoms with E-state index in [2.05, 4.69) is 14.9 Å². The third-order valence-corrected chi connectivity index (χ3v) is 4.51. The molecule has 2 aromatic carbocycles. The maximum Gasteiger partial charge on any atom is 0.265 e. The first-order chi connectivity index (χ1) is 11.5. The number of nitrogens with one attached hydrogen (secondary N) is 1. The van der Waals surface area contributed by atoms with E-state index in [1.165, 1.54) is 12.1 Å². The van der Waals surface area contributed by atoms with Crippen LogP contribution in [0.5, 0.6) is 0 Å². The minimum absolute atomic E-state index is 0.265. The van der Waals surface area contributed by atoms with Crippen molar-refractivity contribution in [2.45, 2.75) is 13.0 Å². The molecule has 0 bridgehead atoms. The zero-order valence-electron chi connectivity index (χ0n) is 12.7. The molecule has 3 rings (SSSR count). The normalized spacial score (nSPS) is 12.0. The minimum Gasteiger partial charge on any atom is -0.345 e. The third kappa shape index (κ3) is 3.60. The van der Waals surface area contributed by atoms with Gasteiger partial charge in [-0.1, -0.05) is 40.4 Å². The number of carbonyl (C=O) groups is 1. The number of hydrogen-bond acceptors (Lipinski definition) is 4. The molecule has 1 N–H and O–H groups in total. The zero-order valence-corrected chi connectivity index (χ0v) is 14.2. The van der Waals surface area contributed by atoms with E-state index in [-0.39, 0.29) is 17.8 Å². The van der Waals surface area contributed by atoms with Crippen molar-refractivity contribution in [3.8, 4) is 11.3 Å². The van der Waals surface area contributed by atoms with Gasteiger partial charge in [0.15, 0.2) is 0 Å². The van der Waals surface area contributed by atoms with Gasteiger partial charge in [0.25, 0.3) is 5.91 Å². The molecule has 1 amide bonds. The topological polar surface area (TPSA) is 54.9 Å². The van der Waals surface area contributed by atoms with Gasteiger partial charge in [-0.2, -0.15) is 0 Å². The summed E-state index contributed by atoms with van der Waals surface area (Å²) < 4.78 is 16.9. The van der Waals surface area contributed by atoms with Gasteiger partial charge < -0.3 is 5.32 Å². The first kappa shape index (κ1) is 16.5. The second-order valence-electron chi connectivity index (χ2n) is 5.20. The lowest BCUT2D eigenvalue weighted by Gasteiger charge is -2.14. The van der Waals surface area contributed by atoms with Crippen LogP contribution in [0, 0.1) is 5.82 Å². The predicted octanol–water partition coefficient (Wildman–Crippen LogP) is 4.49. The van der Waals surface area contributed by atoms with Crippen molar-refractivity contribution >= 4 is 29.0 Å². The minimum atomic E-state index is -0.311. The predicted molar refractivity (Wildman–Crippen MR) is 92.6 cm³/mol. The Balaban J connectivity index is 1.80. The summed E-state index contributed by atoms with van der Waals surface area (Å²) in [7, 11) is 0. The first-order valence-electron chi connectivity index (χ1n) is 7.19. The summed E-state index contributed by atoms with van der Waals surface area (Å²) in [5.74, 6) is -0.583. The number of carbonyl (C=O) groups excluding carboxylic acids is 1. The Morgan fingerprint density at radius 1 is 1.17 bits per heavy atom. The number of halogens is 2. The second kappa shape index (κ2) is 7.07. The summed E-state index contributed by atoms with van der Waals surface area (Å²) in [4.78, 5) is 13.0. The Morgan fingerprint density at radius 2 is 1.83 bits per heavy atom. The van der Waals surface area contributed by atoms with Crippen LogP contribution >= 0.6 is 23.1 Å². The molecule has 0 aliphatic carbocycles. The molecule has 3 aromatic rings. The number of aromatic nitrogens is 2. The van der Waals surface area contributed by atoms with E-state index in [0.29, 0.717) is 15.6 Å². The lowest BCUT2D eigenvalue weighted by atomic mass is 10.1. The highest BCUT2D eigenvalue weighted by molar-refractivity contribution is 7.08. The summed E-state index contributed by atoms with van der Waals surface area (Å²) in [5.41, 5.74) is 2.10. The van der Waals surface area contributed by atoms with Crippen LogP contribution in [0.1, 0.15) is 28.2 Å². The van der Waals surface area contributed by atoms with E-state index in [9.17, 15) is 9.18 Å². The molecule has 4 nitrogen and oxygen atoms in total. The van der Waals surface area contributed by atoms with Gasteiger partial charge in [-0.25, -0.2) is 4.39 Å². The molecule has 24 heavy (non-hydrogen) atoms. The lowest BCUT2D eigenvalue weighted by molar-refractivity contribution is 0.0944. The lowest BCUT2D eigenvalue weighted by Crippen LogP contribution is -2.26. The van der Waals surface area contributed by atoms with Gasteiger partial charge in [-0.05, 0) is 48.3 Å². The third-order valence-electron chi connectivity index (χ3n) is 3.53. The van der Waals surface area contributed by atoms with Gasteiger partial charge in [-0.3, -0.25) is 4.79 Å². The first-order valence-corrected chi connectivity index (χ1v) is 8.34. The molecule has 1 atom stereocenters. The van der Waals surface area contributed by atoms with Crippen molar-refractivity contribution in [3.05, 3.63) is 69.8 Å². The van der Waals surface area contributed by atoms with Crippen LogP contribution in [-0.4, -0.2) is 15.5 Å². The summed E-state index contributed by atoms with van der Waals surface area (Å²) in [5, 5.41) is 7.54. The number of nitrogens with zero attached hydrogens (tertiary/aromatic N) is 2. The summed E-state index contributed by atoms with van der Waals surface area (Å²) >= 11 is 6.91. The summed E-state index contributed by atoms with van der Waals surface area (Å²) in [6, 6.07) is 12.8. The maximum absolute atomic E-state index is 13.0. The number of amides is 1. The zero-order chi connectivity index (χ0) is 17.1. The van der Waals surface area contributed by atoms with Crippen molar-refractivity contribution in [1.82, 2.24) is 14.9 Å². The SMILES string of the molecule is C[C@@H](NC(=O)c1snnc1-c1ccc(Cl)cc1)c1ccc(F)cc1. The standard InChI is InChI=1S/C17H13ClFN3OS/c1-10(11-4-8-14(19)9-5-11)20-17(23)16-15(21-22-24-16)12-2-6-13(18)7-3-12/h2-10H,1H3,(H,20,23)/t10-/m1/s1. The summed E-state index contributed by atoms with van der Waals surface area (Å²) in [6.07, 6.45) is 0. The molecule has 0 aliphatic heterocycles. The largest absolute Gasteiger partial charge is 0.345 e. The van der Waals surface area contributed by atoms with Crippen LogP contribution in [0.2, 0.25) is 5.02 Å². The molecule has 0 saturated heterocycles. The van der Waals surface area contributed by atoms with Crippen molar-refractivity contribution in [2.75, 3.05) is 0 Å². The molecule has 0 aliphatic rings. The van der Waals surface area contributed by atoms with E-state index in [4.69, 9.17) is 11.6 Å². The molecule has 122 valence electrons. The van der Waals surface area contributed by atoms with Crippen LogP contribution in [-0.2, 0) is 0 Å². The van der Waals surface area contributed by atoms with Gasteiger partial charge in [-0.15, -0.1) is 5.10 Å². The molecule has 1 heterocycles. The molecule has 0 saturated carbocycles. The quantitative estimate of drug-likeness (QED) is 0.745. The fourth-order valence-electron chi connectivity index (χ4n) is 2.23. The van der Waals surface area contributed by atoms with Crippen LogP contribution in [0.25, 0.3) is 11.3 Å². The monoisotopic (exact) mass is 361 g/mol. The van der Waals surface area contributed by atoms with Gasteiger partial charge in [0.1, 0.15) is 16.4 Å². The number of rotatable bonds is 4. The van der Waals surface area contributed by atoms with Crippen LogP contribution < -0.4 is 5.32 Å². The highest BCUT2D eigenvalue weighted by Crippen LogP contribution is 2.26. The molecule has 0 fully saturated rings. The number of benzene rings is 2. The van der Waals surface area contributed by atoms with E-state index >= 15 is 0 Å². The van der Waals surface area contributed by atoms with Gasteiger partial charge in [0.2, 0.25) is 0 Å². The van der Waals surface area contributed by atoms with Crippen LogP contribution in [0.4, 0.5) is 4.39 Å². The Bertz CT molecular complexity index is 849. The average Bonchev–Trinajstić information content (AvgIpc) is 3.06. The van der Waals surface area contributed by atoms with Crippen molar-refractivity contribution in [3.63, 3.8) is 0 Å². The maximum atomic E-state index is 13.0. The van der Waals surface area contributed by atoms with Gasteiger partial charge in [0, 0.05) is 10.6 Å². The van der Waals surface area contributed by atoms with E-state index in [0.717, 1.165) is 22.7 Å². The van der Waals surface area contributed by atoms with Gasteiger partial charge in [0.05, 0.1) is 6.04 Å².